The van der Waals surface area contributed by atoms with E-state index in [1.807, 2.05) is 44.2 Å². The molecule has 0 unspecified atom stereocenters. The van der Waals surface area contributed by atoms with Crippen molar-refractivity contribution >= 4 is 28.5 Å². The largest absolute Gasteiger partial charge is 0.352 e. The Labute approximate surface area is 139 Å². The van der Waals surface area contributed by atoms with Crippen LogP contribution in [-0.2, 0) is 0 Å². The topological polar surface area (TPSA) is 59.8 Å². The number of carbonyl (C=O) groups is 1. The average molecular weight is 329 g/mol. The Kier molecular flexibility index (Phi) is 4.30. The fourth-order valence-electron chi connectivity index (χ4n) is 2.45. The molecule has 0 aliphatic carbocycles. The van der Waals surface area contributed by atoms with E-state index >= 15 is 0 Å². The van der Waals surface area contributed by atoms with E-state index in [2.05, 4.69) is 15.4 Å². The third kappa shape index (κ3) is 2.80. The maximum absolute atomic E-state index is 12.2. The number of halogens is 1. The van der Waals surface area contributed by atoms with Crippen LogP contribution in [-0.4, -0.2) is 27.2 Å². The van der Waals surface area contributed by atoms with Gasteiger partial charge < -0.3 is 5.32 Å². The van der Waals surface area contributed by atoms with Gasteiger partial charge in [-0.1, -0.05) is 36.7 Å². The van der Waals surface area contributed by atoms with Gasteiger partial charge in [0.15, 0.2) is 5.65 Å². The number of fused-ring (bicyclic) bond motifs is 1. The number of nitrogens with zero attached hydrogens (tertiary/aromatic N) is 3. The van der Waals surface area contributed by atoms with E-state index in [-0.39, 0.29) is 5.91 Å². The van der Waals surface area contributed by atoms with Crippen molar-refractivity contribution in [3.05, 3.63) is 52.8 Å². The highest BCUT2D eigenvalue weighted by atomic mass is 35.5. The molecule has 3 rings (SSSR count). The summed E-state index contributed by atoms with van der Waals surface area (Å²) in [5, 5.41) is 8.44. The van der Waals surface area contributed by atoms with Gasteiger partial charge in [-0.15, -0.1) is 0 Å². The van der Waals surface area contributed by atoms with Crippen molar-refractivity contribution in [3.63, 3.8) is 0 Å². The van der Waals surface area contributed by atoms with E-state index < -0.39 is 0 Å². The van der Waals surface area contributed by atoms with Gasteiger partial charge in [0.1, 0.15) is 0 Å². The van der Waals surface area contributed by atoms with Crippen LogP contribution in [0, 0.1) is 6.92 Å². The molecule has 5 nitrogen and oxygen atoms in total. The van der Waals surface area contributed by atoms with Crippen LogP contribution < -0.4 is 5.32 Å². The molecule has 23 heavy (non-hydrogen) atoms. The van der Waals surface area contributed by atoms with E-state index in [4.69, 9.17) is 11.6 Å². The number of nitrogens with one attached hydrogen (secondary N) is 1. The zero-order valence-electron chi connectivity index (χ0n) is 13.0. The SMILES string of the molecule is CCCNC(=O)c1cnc2c(c(C)nn2-c2ccccc2)c1Cl. The van der Waals surface area contributed by atoms with Crippen molar-refractivity contribution in [3.8, 4) is 5.69 Å². The molecule has 0 bridgehead atoms. The average Bonchev–Trinajstić information content (AvgIpc) is 2.91. The van der Waals surface area contributed by atoms with Gasteiger partial charge >= 0.3 is 0 Å². The maximum Gasteiger partial charge on any atom is 0.254 e. The summed E-state index contributed by atoms with van der Waals surface area (Å²) in [4.78, 5) is 16.6. The molecule has 0 atom stereocenters. The predicted octanol–water partition coefficient (Wildman–Crippen LogP) is 3.52. The molecule has 1 amide bonds. The van der Waals surface area contributed by atoms with E-state index in [1.54, 1.807) is 4.68 Å². The second-order valence-corrected chi connectivity index (χ2v) is 5.65. The Morgan fingerprint density at radius 1 is 1.30 bits per heavy atom. The summed E-state index contributed by atoms with van der Waals surface area (Å²) in [5.74, 6) is -0.210. The van der Waals surface area contributed by atoms with Gasteiger partial charge in [-0.2, -0.15) is 5.10 Å². The first-order valence-corrected chi connectivity index (χ1v) is 7.88. The molecule has 3 aromatic rings. The van der Waals surface area contributed by atoms with Gasteiger partial charge in [0.2, 0.25) is 0 Å². The van der Waals surface area contributed by atoms with Crippen molar-refractivity contribution < 1.29 is 4.79 Å². The number of rotatable bonds is 4. The summed E-state index contributed by atoms with van der Waals surface area (Å²) in [6, 6.07) is 9.71. The third-order valence-corrected chi connectivity index (χ3v) is 3.98. The Morgan fingerprint density at radius 2 is 2.04 bits per heavy atom. The van der Waals surface area contributed by atoms with Gasteiger partial charge in [0, 0.05) is 12.7 Å². The number of hydrogen-bond donors (Lipinski definition) is 1. The molecule has 0 spiro atoms. The third-order valence-electron chi connectivity index (χ3n) is 3.59. The quantitative estimate of drug-likeness (QED) is 0.797. The first-order valence-electron chi connectivity index (χ1n) is 7.51. The van der Waals surface area contributed by atoms with E-state index in [0.29, 0.717) is 28.2 Å². The molecule has 2 heterocycles. The molecule has 6 heteroatoms. The smallest absolute Gasteiger partial charge is 0.254 e. The lowest BCUT2D eigenvalue weighted by Gasteiger charge is -2.07. The van der Waals surface area contributed by atoms with Crippen LogP contribution in [0.4, 0.5) is 0 Å². The number of benzene rings is 1. The second kappa shape index (κ2) is 6.38. The minimum atomic E-state index is -0.210. The molecule has 0 fully saturated rings. The molecule has 2 aromatic heterocycles. The molecular formula is C17H17ClN4O. The Morgan fingerprint density at radius 3 is 2.74 bits per heavy atom. The Hall–Kier alpha value is -2.40. The Bertz CT molecular complexity index is 858. The number of hydrogen-bond acceptors (Lipinski definition) is 3. The van der Waals surface area contributed by atoms with Gasteiger partial charge in [0.05, 0.1) is 27.4 Å². The lowest BCUT2D eigenvalue weighted by molar-refractivity contribution is 0.0953. The van der Waals surface area contributed by atoms with Gasteiger partial charge in [-0.05, 0) is 25.5 Å². The summed E-state index contributed by atoms with van der Waals surface area (Å²) in [7, 11) is 0. The van der Waals surface area contributed by atoms with Crippen molar-refractivity contribution in [2.24, 2.45) is 0 Å². The van der Waals surface area contributed by atoms with Crippen LogP contribution in [0.2, 0.25) is 5.02 Å². The number of amides is 1. The summed E-state index contributed by atoms with van der Waals surface area (Å²) in [5.41, 5.74) is 2.66. The second-order valence-electron chi connectivity index (χ2n) is 5.27. The minimum absolute atomic E-state index is 0.210. The van der Waals surface area contributed by atoms with Crippen LogP contribution in [0.1, 0.15) is 29.4 Å². The van der Waals surface area contributed by atoms with Crippen LogP contribution in [0.5, 0.6) is 0 Å². The minimum Gasteiger partial charge on any atom is -0.352 e. The fraction of sp³-hybridized carbons (Fsp3) is 0.235. The summed E-state index contributed by atoms with van der Waals surface area (Å²) < 4.78 is 1.74. The lowest BCUT2D eigenvalue weighted by atomic mass is 10.2. The normalized spacial score (nSPS) is 10.9. The standard InChI is InChI=1S/C17H17ClN4O/c1-3-9-19-17(23)13-10-20-16-14(15(13)18)11(2)21-22(16)12-7-5-4-6-8-12/h4-8,10H,3,9H2,1-2H3,(H,19,23). The van der Waals surface area contributed by atoms with Gasteiger partial charge in [-0.3, -0.25) is 4.79 Å². The van der Waals surface area contributed by atoms with Crippen molar-refractivity contribution in [2.75, 3.05) is 6.54 Å². The highest BCUT2D eigenvalue weighted by Gasteiger charge is 2.19. The summed E-state index contributed by atoms with van der Waals surface area (Å²) >= 11 is 6.47. The van der Waals surface area contributed by atoms with Crippen molar-refractivity contribution in [1.82, 2.24) is 20.1 Å². The van der Waals surface area contributed by atoms with Crippen molar-refractivity contribution in [1.29, 1.82) is 0 Å². The van der Waals surface area contributed by atoms with E-state index in [0.717, 1.165) is 17.8 Å². The fourth-order valence-corrected chi connectivity index (χ4v) is 2.81. The monoisotopic (exact) mass is 328 g/mol. The summed E-state index contributed by atoms with van der Waals surface area (Å²) in [6.45, 7) is 4.47. The zero-order chi connectivity index (χ0) is 16.4. The molecular weight excluding hydrogens is 312 g/mol. The van der Waals surface area contributed by atoms with E-state index in [9.17, 15) is 4.79 Å². The predicted molar refractivity (Wildman–Crippen MR) is 91.2 cm³/mol. The molecule has 0 aliphatic heterocycles. The molecule has 0 aliphatic rings. The van der Waals surface area contributed by atoms with Crippen molar-refractivity contribution in [2.45, 2.75) is 20.3 Å². The van der Waals surface area contributed by atoms with Gasteiger partial charge in [0.25, 0.3) is 5.91 Å². The highest BCUT2D eigenvalue weighted by Crippen LogP contribution is 2.29. The molecule has 0 saturated heterocycles. The van der Waals surface area contributed by atoms with E-state index in [1.165, 1.54) is 6.20 Å². The molecule has 1 N–H and O–H groups in total. The number of aromatic nitrogens is 3. The van der Waals surface area contributed by atoms with Crippen LogP contribution in [0.3, 0.4) is 0 Å². The first kappa shape index (κ1) is 15.5. The number of aryl methyl sites for hydroxylation is 1. The number of pyridine rings is 1. The maximum atomic E-state index is 12.2. The highest BCUT2D eigenvalue weighted by molar-refractivity contribution is 6.38. The number of para-hydroxylation sites is 1. The van der Waals surface area contributed by atoms with Gasteiger partial charge in [-0.25, -0.2) is 9.67 Å². The number of carbonyl (C=O) groups excluding carboxylic acids is 1. The summed E-state index contributed by atoms with van der Waals surface area (Å²) in [6.07, 6.45) is 2.38. The van der Waals surface area contributed by atoms with Crippen LogP contribution in [0.15, 0.2) is 36.5 Å². The zero-order valence-corrected chi connectivity index (χ0v) is 13.8. The lowest BCUT2D eigenvalue weighted by Crippen LogP contribution is -2.24. The molecule has 1 aromatic carbocycles. The molecule has 118 valence electrons. The van der Waals surface area contributed by atoms with Crippen LogP contribution >= 0.6 is 11.6 Å². The molecule has 0 radical (unpaired) electrons. The first-order chi connectivity index (χ1) is 11.1. The Balaban J connectivity index is 2.13. The molecule has 0 saturated carbocycles. The van der Waals surface area contributed by atoms with Crippen LogP contribution in [0.25, 0.3) is 16.7 Å².